The first-order valence-electron chi connectivity index (χ1n) is 5.72. The topological polar surface area (TPSA) is 30.2 Å². The Hall–Kier alpha value is -1.83. The molecule has 1 aromatic heterocycles. The van der Waals surface area contributed by atoms with Gasteiger partial charge in [0.05, 0.1) is 5.56 Å². The van der Waals surface area contributed by atoms with Gasteiger partial charge in [0.2, 0.25) is 0 Å². The first kappa shape index (κ1) is 11.6. The van der Waals surface area contributed by atoms with E-state index in [1.54, 1.807) is 0 Å². The quantitative estimate of drug-likeness (QED) is 0.751. The predicted molar refractivity (Wildman–Crippen MR) is 67.4 cm³/mol. The molecule has 0 amide bonds. The second-order valence-corrected chi connectivity index (χ2v) is 4.42. The lowest BCUT2D eigenvalue weighted by atomic mass is 10.0. The summed E-state index contributed by atoms with van der Waals surface area (Å²) in [7, 11) is 0. The largest absolute Gasteiger partial charge is 0.466 e. The zero-order chi connectivity index (χ0) is 12.4. The van der Waals surface area contributed by atoms with E-state index >= 15 is 0 Å². The predicted octanol–water partition coefficient (Wildman–Crippen LogP) is 3.63. The summed E-state index contributed by atoms with van der Waals surface area (Å²) in [5.74, 6) is 1.61. The van der Waals surface area contributed by atoms with E-state index in [1.807, 2.05) is 51.1 Å². The van der Waals surface area contributed by atoms with E-state index in [1.165, 1.54) is 5.56 Å². The third kappa shape index (κ3) is 2.64. The van der Waals surface area contributed by atoms with Crippen molar-refractivity contribution in [1.29, 1.82) is 0 Å². The van der Waals surface area contributed by atoms with E-state index in [-0.39, 0.29) is 5.78 Å². The van der Waals surface area contributed by atoms with Crippen molar-refractivity contribution in [2.75, 3.05) is 0 Å². The van der Waals surface area contributed by atoms with Crippen molar-refractivity contribution in [3.05, 3.63) is 58.5 Å². The first-order chi connectivity index (χ1) is 8.06. The lowest BCUT2D eigenvalue weighted by Gasteiger charge is -2.01. The number of benzene rings is 1. The molecule has 0 bridgehead atoms. The summed E-state index contributed by atoms with van der Waals surface area (Å²) in [5.41, 5.74) is 2.92. The molecule has 0 spiro atoms. The average molecular weight is 228 g/mol. The molecule has 0 fully saturated rings. The van der Waals surface area contributed by atoms with E-state index in [0.29, 0.717) is 17.7 Å². The van der Waals surface area contributed by atoms with Crippen molar-refractivity contribution in [1.82, 2.24) is 0 Å². The minimum absolute atomic E-state index is 0.116. The number of carbonyl (C=O) groups excluding carboxylic acids is 1. The zero-order valence-electron chi connectivity index (χ0n) is 10.4. The van der Waals surface area contributed by atoms with Gasteiger partial charge < -0.3 is 4.42 Å². The fourth-order valence-electron chi connectivity index (χ4n) is 2.01. The van der Waals surface area contributed by atoms with Gasteiger partial charge in [0.15, 0.2) is 5.78 Å². The van der Waals surface area contributed by atoms with Crippen LogP contribution in [0.2, 0.25) is 0 Å². The molecule has 2 nitrogen and oxygen atoms in total. The van der Waals surface area contributed by atoms with E-state index in [4.69, 9.17) is 4.42 Å². The molecular formula is C15H16O2. The summed E-state index contributed by atoms with van der Waals surface area (Å²) in [5, 5.41) is 0. The fourth-order valence-corrected chi connectivity index (χ4v) is 2.01. The number of hydrogen-bond donors (Lipinski definition) is 0. The zero-order valence-corrected chi connectivity index (χ0v) is 10.4. The lowest BCUT2D eigenvalue weighted by Crippen LogP contribution is -2.03. The van der Waals surface area contributed by atoms with Crippen molar-refractivity contribution in [3.8, 4) is 0 Å². The molecule has 1 aromatic carbocycles. The Morgan fingerprint density at radius 1 is 1.18 bits per heavy atom. The van der Waals surface area contributed by atoms with Crippen molar-refractivity contribution < 1.29 is 9.21 Å². The molecular weight excluding hydrogens is 212 g/mol. The maximum atomic E-state index is 12.1. The molecule has 0 radical (unpaired) electrons. The van der Waals surface area contributed by atoms with E-state index in [0.717, 1.165) is 11.3 Å². The number of rotatable bonds is 3. The highest BCUT2D eigenvalue weighted by atomic mass is 16.3. The van der Waals surface area contributed by atoms with Crippen LogP contribution in [0, 0.1) is 20.8 Å². The Kier molecular flexibility index (Phi) is 3.14. The molecule has 0 aliphatic rings. The lowest BCUT2D eigenvalue weighted by molar-refractivity contribution is 0.0991. The van der Waals surface area contributed by atoms with Gasteiger partial charge in [-0.05, 0) is 32.4 Å². The molecule has 0 saturated heterocycles. The van der Waals surface area contributed by atoms with Crippen LogP contribution in [0.4, 0.5) is 0 Å². The van der Waals surface area contributed by atoms with E-state index in [9.17, 15) is 4.79 Å². The normalized spacial score (nSPS) is 10.5. The average Bonchev–Trinajstić information content (AvgIpc) is 2.58. The minimum Gasteiger partial charge on any atom is -0.466 e. The van der Waals surface area contributed by atoms with Crippen LogP contribution in [0.5, 0.6) is 0 Å². The van der Waals surface area contributed by atoms with Crippen LogP contribution in [-0.4, -0.2) is 5.78 Å². The van der Waals surface area contributed by atoms with Gasteiger partial charge in [-0.2, -0.15) is 0 Å². The fraction of sp³-hybridized carbons (Fsp3) is 0.267. The summed E-state index contributed by atoms with van der Waals surface area (Å²) in [4.78, 5) is 12.1. The molecule has 0 saturated carbocycles. The Balaban J connectivity index is 2.20. The Morgan fingerprint density at radius 3 is 2.53 bits per heavy atom. The molecule has 0 atom stereocenters. The minimum atomic E-state index is 0.116. The highest BCUT2D eigenvalue weighted by molar-refractivity contribution is 5.98. The van der Waals surface area contributed by atoms with Crippen molar-refractivity contribution in [2.24, 2.45) is 0 Å². The Labute approximate surface area is 101 Å². The number of furan rings is 1. The summed E-state index contributed by atoms with van der Waals surface area (Å²) < 4.78 is 5.38. The second kappa shape index (κ2) is 4.58. The van der Waals surface area contributed by atoms with Crippen LogP contribution in [0.3, 0.4) is 0 Å². The van der Waals surface area contributed by atoms with Crippen molar-refractivity contribution in [2.45, 2.75) is 27.2 Å². The summed E-state index contributed by atoms with van der Waals surface area (Å²) in [6, 6.07) is 9.84. The van der Waals surface area contributed by atoms with E-state index in [2.05, 4.69) is 0 Å². The van der Waals surface area contributed by atoms with Gasteiger partial charge in [-0.25, -0.2) is 0 Å². The maximum absolute atomic E-state index is 12.1. The SMILES string of the molecule is Cc1cccc(CC(=O)c2cc(C)oc2C)c1. The van der Waals surface area contributed by atoms with Crippen LogP contribution >= 0.6 is 0 Å². The molecule has 0 aliphatic carbocycles. The number of aryl methyl sites for hydroxylation is 3. The third-order valence-electron chi connectivity index (χ3n) is 2.79. The van der Waals surface area contributed by atoms with Crippen LogP contribution in [0.25, 0.3) is 0 Å². The Morgan fingerprint density at radius 2 is 1.94 bits per heavy atom. The van der Waals surface area contributed by atoms with Gasteiger partial charge in [0.1, 0.15) is 11.5 Å². The maximum Gasteiger partial charge on any atom is 0.170 e. The third-order valence-corrected chi connectivity index (χ3v) is 2.79. The molecule has 0 N–H and O–H groups in total. The Bertz CT molecular complexity index is 550. The first-order valence-corrected chi connectivity index (χ1v) is 5.72. The van der Waals surface area contributed by atoms with E-state index < -0.39 is 0 Å². The molecule has 0 aliphatic heterocycles. The smallest absolute Gasteiger partial charge is 0.170 e. The molecule has 2 heteroatoms. The van der Waals surface area contributed by atoms with Crippen molar-refractivity contribution >= 4 is 5.78 Å². The second-order valence-electron chi connectivity index (χ2n) is 4.42. The van der Waals surface area contributed by atoms with Gasteiger partial charge in [-0.1, -0.05) is 29.8 Å². The summed E-state index contributed by atoms with van der Waals surface area (Å²) in [6.07, 6.45) is 0.432. The van der Waals surface area contributed by atoms with Gasteiger partial charge in [0.25, 0.3) is 0 Å². The summed E-state index contributed by atoms with van der Waals surface area (Å²) in [6.45, 7) is 5.72. The van der Waals surface area contributed by atoms with Crippen LogP contribution in [0.15, 0.2) is 34.7 Å². The van der Waals surface area contributed by atoms with Crippen molar-refractivity contribution in [3.63, 3.8) is 0 Å². The number of carbonyl (C=O) groups is 1. The standard InChI is InChI=1S/C15H16O2/c1-10-5-4-6-13(7-10)9-15(16)14-8-11(2)17-12(14)3/h4-8H,9H2,1-3H3. The van der Waals surface area contributed by atoms with Crippen LogP contribution in [-0.2, 0) is 6.42 Å². The molecule has 2 rings (SSSR count). The summed E-state index contributed by atoms with van der Waals surface area (Å²) >= 11 is 0. The molecule has 2 aromatic rings. The highest BCUT2D eigenvalue weighted by Crippen LogP contribution is 2.16. The molecule has 0 unspecified atom stereocenters. The molecule has 88 valence electrons. The molecule has 17 heavy (non-hydrogen) atoms. The number of Topliss-reactive ketones (excluding diaryl/α,β-unsaturated/α-hetero) is 1. The van der Waals surface area contributed by atoms with Gasteiger partial charge in [-0.15, -0.1) is 0 Å². The number of ketones is 1. The van der Waals surface area contributed by atoms with Crippen LogP contribution < -0.4 is 0 Å². The van der Waals surface area contributed by atoms with Gasteiger partial charge in [0, 0.05) is 6.42 Å². The monoisotopic (exact) mass is 228 g/mol. The number of hydrogen-bond acceptors (Lipinski definition) is 2. The van der Waals surface area contributed by atoms with Gasteiger partial charge in [-0.3, -0.25) is 4.79 Å². The van der Waals surface area contributed by atoms with Crippen LogP contribution in [0.1, 0.15) is 33.0 Å². The molecule has 1 heterocycles. The highest BCUT2D eigenvalue weighted by Gasteiger charge is 2.13. The van der Waals surface area contributed by atoms with Gasteiger partial charge >= 0.3 is 0 Å².